The number of methoxy groups -OCH3 is 1. The summed E-state index contributed by atoms with van der Waals surface area (Å²) in [5.74, 6) is 1.37. The van der Waals surface area contributed by atoms with E-state index < -0.39 is 17.8 Å². The summed E-state index contributed by atoms with van der Waals surface area (Å²) in [5.41, 5.74) is 2.21. The van der Waals surface area contributed by atoms with Gasteiger partial charge in [0, 0.05) is 25.6 Å². The average molecular weight is 500 g/mol. The molecule has 3 aromatic rings. The molecule has 3 heterocycles. The van der Waals surface area contributed by atoms with Crippen LogP contribution in [0.3, 0.4) is 0 Å². The molecule has 1 aromatic carbocycles. The lowest BCUT2D eigenvalue weighted by Crippen LogP contribution is -2.32. The fourth-order valence-corrected chi connectivity index (χ4v) is 4.56. The summed E-state index contributed by atoms with van der Waals surface area (Å²) in [6.45, 7) is 7.62. The Morgan fingerprint density at radius 1 is 1.19 bits per heavy atom. The first-order chi connectivity index (χ1) is 17.0. The van der Waals surface area contributed by atoms with Crippen molar-refractivity contribution in [2.75, 3.05) is 25.5 Å². The normalized spacial score (nSPS) is 15.0. The van der Waals surface area contributed by atoms with Crippen LogP contribution >= 0.6 is 0 Å². The quantitative estimate of drug-likeness (QED) is 0.501. The van der Waals surface area contributed by atoms with Crippen LogP contribution in [-0.4, -0.2) is 46.0 Å². The van der Waals surface area contributed by atoms with Crippen LogP contribution in [0.4, 0.5) is 19.0 Å². The number of hydrogen-bond donors (Lipinski definition) is 1. The van der Waals surface area contributed by atoms with Crippen molar-refractivity contribution < 1.29 is 22.7 Å². The molecular weight excluding hydrogens is 471 g/mol. The Morgan fingerprint density at radius 3 is 2.56 bits per heavy atom. The maximum atomic E-state index is 13.5. The van der Waals surface area contributed by atoms with Gasteiger partial charge in [-0.25, -0.2) is 9.97 Å². The highest BCUT2D eigenvalue weighted by molar-refractivity contribution is 5.91. The van der Waals surface area contributed by atoms with Crippen LogP contribution in [-0.2, 0) is 11.0 Å². The largest absolute Gasteiger partial charge is 0.481 e. The maximum Gasteiger partial charge on any atom is 0.416 e. The Labute approximate surface area is 207 Å². The molecule has 0 unspecified atom stereocenters. The van der Waals surface area contributed by atoms with E-state index in [1.807, 2.05) is 12.1 Å². The lowest BCUT2D eigenvalue weighted by Gasteiger charge is -2.26. The molecule has 0 saturated heterocycles. The van der Waals surface area contributed by atoms with Crippen molar-refractivity contribution in [2.45, 2.75) is 46.3 Å². The zero-order valence-corrected chi connectivity index (χ0v) is 20.8. The Bertz CT molecular complexity index is 1350. The van der Waals surface area contributed by atoms with Crippen molar-refractivity contribution >= 4 is 28.3 Å². The summed E-state index contributed by atoms with van der Waals surface area (Å²) in [5, 5.41) is 3.91. The van der Waals surface area contributed by atoms with E-state index in [4.69, 9.17) is 4.74 Å². The number of hydrogen-bond acceptors (Lipinski definition) is 6. The molecule has 4 rings (SSSR count). The van der Waals surface area contributed by atoms with E-state index in [-0.39, 0.29) is 11.5 Å². The maximum absolute atomic E-state index is 13.5. The van der Waals surface area contributed by atoms with Crippen LogP contribution in [0.5, 0.6) is 5.88 Å². The SMILES string of the molecule is COc1nc2nc(C)nc(N[C@H](C)c3cccc(C(F)(F)F)c3C)c2cc1C1=CCN(C(C)=O)CC1. The molecule has 1 N–H and O–H groups in total. The molecule has 0 bridgehead atoms. The summed E-state index contributed by atoms with van der Waals surface area (Å²) in [4.78, 5) is 27.1. The monoisotopic (exact) mass is 499 g/mol. The van der Waals surface area contributed by atoms with Crippen molar-refractivity contribution in [2.24, 2.45) is 0 Å². The van der Waals surface area contributed by atoms with Gasteiger partial charge in [-0.1, -0.05) is 18.2 Å². The molecule has 1 aliphatic rings. The number of amides is 1. The van der Waals surface area contributed by atoms with Crippen LogP contribution in [0.1, 0.15) is 54.4 Å². The molecule has 10 heteroatoms. The summed E-state index contributed by atoms with van der Waals surface area (Å²) in [6, 6.07) is 5.61. The van der Waals surface area contributed by atoms with Crippen LogP contribution in [0.25, 0.3) is 16.6 Å². The summed E-state index contributed by atoms with van der Waals surface area (Å²) >= 11 is 0. The molecule has 0 aliphatic carbocycles. The van der Waals surface area contributed by atoms with Gasteiger partial charge in [-0.15, -0.1) is 0 Å². The lowest BCUT2D eigenvalue weighted by atomic mass is 9.97. The van der Waals surface area contributed by atoms with E-state index >= 15 is 0 Å². The van der Waals surface area contributed by atoms with Crippen molar-refractivity contribution in [3.8, 4) is 5.88 Å². The number of aromatic nitrogens is 3. The fourth-order valence-electron chi connectivity index (χ4n) is 4.56. The van der Waals surface area contributed by atoms with Crippen molar-refractivity contribution in [3.63, 3.8) is 0 Å². The number of rotatable bonds is 5. The van der Waals surface area contributed by atoms with Gasteiger partial charge in [-0.3, -0.25) is 4.79 Å². The van der Waals surface area contributed by atoms with Gasteiger partial charge in [0.05, 0.1) is 24.1 Å². The Morgan fingerprint density at radius 2 is 1.94 bits per heavy atom. The number of carbonyl (C=O) groups is 1. The number of anilines is 1. The first kappa shape index (κ1) is 25.4. The summed E-state index contributed by atoms with van der Waals surface area (Å²) < 4.78 is 45.9. The molecule has 1 aliphatic heterocycles. The third-order valence-corrected chi connectivity index (χ3v) is 6.46. The van der Waals surface area contributed by atoms with E-state index in [0.717, 1.165) is 17.2 Å². The van der Waals surface area contributed by atoms with Crippen LogP contribution in [0.2, 0.25) is 0 Å². The molecule has 7 nitrogen and oxygen atoms in total. The number of halogens is 3. The van der Waals surface area contributed by atoms with Gasteiger partial charge < -0.3 is 15.0 Å². The minimum Gasteiger partial charge on any atom is -0.481 e. The first-order valence-electron chi connectivity index (χ1n) is 11.6. The molecule has 2 aromatic heterocycles. The molecule has 0 spiro atoms. The molecular formula is C26H28F3N5O2. The van der Waals surface area contributed by atoms with E-state index in [1.54, 1.807) is 31.7 Å². The second kappa shape index (κ2) is 9.75. The number of carbonyl (C=O) groups excluding carboxylic acids is 1. The molecule has 0 saturated carbocycles. The zero-order valence-electron chi connectivity index (χ0n) is 20.8. The summed E-state index contributed by atoms with van der Waals surface area (Å²) in [6.07, 6.45) is -1.81. The second-order valence-electron chi connectivity index (χ2n) is 8.86. The van der Waals surface area contributed by atoms with Gasteiger partial charge in [0.15, 0.2) is 5.65 Å². The van der Waals surface area contributed by atoms with E-state index in [2.05, 4.69) is 20.3 Å². The fraction of sp³-hybridized carbons (Fsp3) is 0.385. The van der Waals surface area contributed by atoms with Gasteiger partial charge >= 0.3 is 6.18 Å². The Hall–Kier alpha value is -3.69. The number of nitrogens with zero attached hydrogens (tertiary/aromatic N) is 4. The van der Waals surface area contributed by atoms with Gasteiger partial charge in [0.1, 0.15) is 11.6 Å². The number of aryl methyl sites for hydroxylation is 1. The van der Waals surface area contributed by atoms with Gasteiger partial charge in [-0.05, 0) is 56.0 Å². The number of fused-ring (bicyclic) bond motifs is 1. The predicted molar refractivity (Wildman–Crippen MR) is 132 cm³/mol. The molecule has 1 amide bonds. The molecule has 0 radical (unpaired) electrons. The highest BCUT2D eigenvalue weighted by Crippen LogP contribution is 2.37. The molecule has 36 heavy (non-hydrogen) atoms. The second-order valence-corrected chi connectivity index (χ2v) is 8.86. The van der Waals surface area contributed by atoms with Gasteiger partial charge in [0.2, 0.25) is 11.8 Å². The lowest BCUT2D eigenvalue weighted by molar-refractivity contribution is -0.138. The van der Waals surface area contributed by atoms with E-state index in [9.17, 15) is 18.0 Å². The molecule has 0 fully saturated rings. The minimum atomic E-state index is -4.43. The van der Waals surface area contributed by atoms with Crippen molar-refractivity contribution in [1.82, 2.24) is 19.9 Å². The zero-order chi connectivity index (χ0) is 26.2. The average Bonchev–Trinajstić information content (AvgIpc) is 2.82. The highest BCUT2D eigenvalue weighted by atomic mass is 19.4. The first-order valence-corrected chi connectivity index (χ1v) is 11.6. The van der Waals surface area contributed by atoms with Crippen LogP contribution in [0, 0.1) is 13.8 Å². The number of nitrogens with one attached hydrogen (secondary N) is 1. The third-order valence-electron chi connectivity index (χ3n) is 6.46. The Kier molecular flexibility index (Phi) is 6.88. The smallest absolute Gasteiger partial charge is 0.416 e. The number of benzene rings is 1. The molecule has 1 atom stereocenters. The summed E-state index contributed by atoms with van der Waals surface area (Å²) in [7, 11) is 1.54. The molecule has 190 valence electrons. The third kappa shape index (κ3) is 4.98. The van der Waals surface area contributed by atoms with Gasteiger partial charge in [0.25, 0.3) is 0 Å². The topological polar surface area (TPSA) is 80.2 Å². The van der Waals surface area contributed by atoms with Crippen LogP contribution < -0.4 is 10.1 Å². The highest BCUT2D eigenvalue weighted by Gasteiger charge is 2.33. The van der Waals surface area contributed by atoms with Crippen LogP contribution in [0.15, 0.2) is 30.3 Å². The van der Waals surface area contributed by atoms with Crippen molar-refractivity contribution in [1.29, 1.82) is 0 Å². The van der Waals surface area contributed by atoms with E-state index in [1.165, 1.54) is 20.1 Å². The van der Waals surface area contributed by atoms with Gasteiger partial charge in [-0.2, -0.15) is 18.2 Å². The minimum absolute atomic E-state index is 0.0168. The number of ether oxygens (including phenoxy) is 1. The number of alkyl halides is 3. The van der Waals surface area contributed by atoms with Crippen molar-refractivity contribution in [3.05, 3.63) is 58.4 Å². The Balaban J connectivity index is 1.76. The number of pyridine rings is 1. The predicted octanol–water partition coefficient (Wildman–Crippen LogP) is 5.48. The standard InChI is InChI=1S/C26H28F3N5O2/c1-14-19(7-6-8-22(14)26(27,28)29)15(2)30-23-21-13-20(18-9-11-34(12-10-18)17(4)35)25(36-5)33-24(21)32-16(3)31-23/h6-9,13,15H,10-12H2,1-5H3,(H,30,31,32,33)/t15-/m1/s1. The van der Waals surface area contributed by atoms with E-state index in [0.29, 0.717) is 53.6 Å².